The molecule has 0 N–H and O–H groups in total. The number of hydrogen-bond acceptors (Lipinski definition) is 5. The molecule has 1 amide bonds. The van der Waals surface area contributed by atoms with Crippen molar-refractivity contribution < 1.29 is 14.3 Å². The number of carbonyl (C=O) groups is 1. The first kappa shape index (κ1) is 17.9. The summed E-state index contributed by atoms with van der Waals surface area (Å²) < 4.78 is 13.0. The number of hydrogen-bond donors (Lipinski definition) is 0. The summed E-state index contributed by atoms with van der Waals surface area (Å²) >= 11 is 0. The maximum absolute atomic E-state index is 13.0. The Morgan fingerprint density at radius 2 is 2.15 bits per heavy atom. The smallest absolute Gasteiger partial charge is 0.254 e. The van der Waals surface area contributed by atoms with E-state index in [0.29, 0.717) is 23.6 Å². The Morgan fingerprint density at radius 1 is 1.30 bits per heavy atom. The third-order valence-electron chi connectivity index (χ3n) is 5.23. The van der Waals surface area contributed by atoms with Crippen molar-refractivity contribution in [3.8, 4) is 11.5 Å². The quantitative estimate of drug-likeness (QED) is 0.808. The fourth-order valence-corrected chi connectivity index (χ4v) is 3.76. The number of piperidine rings is 1. The number of rotatable bonds is 5. The van der Waals surface area contributed by atoms with Gasteiger partial charge in [-0.25, -0.2) is 4.98 Å². The van der Waals surface area contributed by atoms with E-state index in [1.807, 2.05) is 29.4 Å². The zero-order valence-corrected chi connectivity index (χ0v) is 15.9. The van der Waals surface area contributed by atoms with Crippen LogP contribution in [-0.2, 0) is 6.54 Å². The number of imidazole rings is 1. The molecule has 0 aliphatic carbocycles. The summed E-state index contributed by atoms with van der Waals surface area (Å²) in [4.78, 5) is 21.7. The molecule has 0 spiro atoms. The van der Waals surface area contributed by atoms with Gasteiger partial charge in [-0.3, -0.25) is 4.79 Å². The van der Waals surface area contributed by atoms with Crippen molar-refractivity contribution in [3.05, 3.63) is 42.0 Å². The van der Waals surface area contributed by atoms with Crippen LogP contribution in [0.5, 0.6) is 11.5 Å². The van der Waals surface area contributed by atoms with Gasteiger partial charge in [0.05, 0.1) is 0 Å². The van der Waals surface area contributed by atoms with E-state index in [9.17, 15) is 4.79 Å². The second-order valence-electron chi connectivity index (χ2n) is 7.44. The lowest BCUT2D eigenvalue weighted by Gasteiger charge is -2.33. The first-order valence-electron chi connectivity index (χ1n) is 9.46. The summed E-state index contributed by atoms with van der Waals surface area (Å²) in [5.41, 5.74) is 0.649. The highest BCUT2D eigenvalue weighted by Crippen LogP contribution is 2.33. The zero-order chi connectivity index (χ0) is 18.8. The Hall–Kier alpha value is -2.54. The third-order valence-corrected chi connectivity index (χ3v) is 5.23. The number of likely N-dealkylation sites (tertiary alicyclic amines) is 1. The van der Waals surface area contributed by atoms with Gasteiger partial charge in [0.15, 0.2) is 11.5 Å². The Balaban J connectivity index is 1.47. The summed E-state index contributed by atoms with van der Waals surface area (Å²) in [7, 11) is 4.14. The first-order chi connectivity index (χ1) is 13.1. The molecule has 2 aliphatic heterocycles. The minimum Gasteiger partial charge on any atom is -0.454 e. The van der Waals surface area contributed by atoms with Gasteiger partial charge in [-0.1, -0.05) is 0 Å². The number of nitrogens with zero attached hydrogens (tertiary/aromatic N) is 4. The average molecular weight is 370 g/mol. The lowest BCUT2D eigenvalue weighted by molar-refractivity contribution is 0.0702. The molecule has 7 heteroatoms. The number of fused-ring (bicyclic) bond motifs is 1. The Labute approximate surface area is 159 Å². The number of carbonyl (C=O) groups excluding carboxylic acids is 1. The number of ether oxygens (including phenoxy) is 2. The summed E-state index contributed by atoms with van der Waals surface area (Å²) in [6.07, 6.45) is 5.95. The highest BCUT2D eigenvalue weighted by molar-refractivity contribution is 5.95. The third kappa shape index (κ3) is 3.78. The second-order valence-corrected chi connectivity index (χ2v) is 7.44. The van der Waals surface area contributed by atoms with Crippen molar-refractivity contribution in [3.63, 3.8) is 0 Å². The number of aromatic nitrogens is 2. The summed E-state index contributed by atoms with van der Waals surface area (Å²) in [6, 6.07) is 5.41. The molecular formula is C20H26N4O3. The van der Waals surface area contributed by atoms with Crippen LogP contribution in [0.3, 0.4) is 0 Å². The van der Waals surface area contributed by atoms with Gasteiger partial charge in [0.2, 0.25) is 6.79 Å². The van der Waals surface area contributed by atoms with Crippen LogP contribution in [0.2, 0.25) is 0 Å². The van der Waals surface area contributed by atoms with Crippen LogP contribution in [0.25, 0.3) is 0 Å². The fraction of sp³-hybridized carbons (Fsp3) is 0.500. The van der Waals surface area contributed by atoms with Gasteiger partial charge in [0.1, 0.15) is 5.82 Å². The van der Waals surface area contributed by atoms with Gasteiger partial charge in [-0.05, 0) is 45.1 Å². The molecular weight excluding hydrogens is 344 g/mol. The van der Waals surface area contributed by atoms with E-state index in [1.54, 1.807) is 6.07 Å². The zero-order valence-electron chi connectivity index (χ0n) is 15.9. The van der Waals surface area contributed by atoms with E-state index in [-0.39, 0.29) is 18.6 Å². The fourth-order valence-electron chi connectivity index (χ4n) is 3.76. The van der Waals surface area contributed by atoms with Crippen molar-refractivity contribution in [1.29, 1.82) is 0 Å². The second kappa shape index (κ2) is 7.60. The van der Waals surface area contributed by atoms with Crippen LogP contribution in [0.1, 0.15) is 34.9 Å². The van der Waals surface area contributed by atoms with Crippen LogP contribution in [0, 0.1) is 0 Å². The summed E-state index contributed by atoms with van der Waals surface area (Å²) in [5.74, 6) is 2.75. The molecule has 0 radical (unpaired) electrons. The Kier molecular flexibility index (Phi) is 5.03. The van der Waals surface area contributed by atoms with Crippen molar-refractivity contribution >= 4 is 5.91 Å². The van der Waals surface area contributed by atoms with Crippen LogP contribution < -0.4 is 9.47 Å². The lowest BCUT2D eigenvalue weighted by atomic mass is 9.96. The maximum atomic E-state index is 13.0. The molecule has 2 aromatic rings. The predicted octanol–water partition coefficient (Wildman–Crippen LogP) is 2.19. The monoisotopic (exact) mass is 370 g/mol. The number of likely N-dealkylation sites (N-methyl/N-ethyl adjacent to an activating group) is 1. The molecule has 1 unspecified atom stereocenters. The first-order valence-corrected chi connectivity index (χ1v) is 9.46. The summed E-state index contributed by atoms with van der Waals surface area (Å²) in [6.45, 7) is 3.58. The van der Waals surface area contributed by atoms with Crippen LogP contribution in [-0.4, -0.2) is 65.8 Å². The minimum absolute atomic E-state index is 0.0457. The Bertz CT molecular complexity index is 817. The molecule has 1 fully saturated rings. The Morgan fingerprint density at radius 3 is 3.00 bits per heavy atom. The molecule has 0 bridgehead atoms. The largest absolute Gasteiger partial charge is 0.454 e. The highest BCUT2D eigenvalue weighted by Gasteiger charge is 2.28. The molecule has 144 valence electrons. The molecule has 4 rings (SSSR count). The highest BCUT2D eigenvalue weighted by atomic mass is 16.7. The minimum atomic E-state index is 0.0457. The SMILES string of the molecule is CN(C)CCn1ccnc1C1CCCN(C(=O)c2ccc3c(c2)OCO3)C1. The van der Waals surface area contributed by atoms with Gasteiger partial charge in [-0.15, -0.1) is 0 Å². The van der Waals surface area contributed by atoms with Crippen LogP contribution in [0.4, 0.5) is 0 Å². The molecule has 7 nitrogen and oxygen atoms in total. The van der Waals surface area contributed by atoms with E-state index < -0.39 is 0 Å². The number of amides is 1. The molecule has 1 atom stereocenters. The standard InChI is InChI=1S/C20H26N4O3/c1-22(2)10-11-23-9-7-21-19(23)16-4-3-8-24(13-16)20(25)15-5-6-17-18(12-15)27-14-26-17/h5-7,9,12,16H,3-4,8,10-11,13-14H2,1-2H3. The van der Waals surface area contributed by atoms with Gasteiger partial charge < -0.3 is 23.8 Å². The molecule has 2 aliphatic rings. The van der Waals surface area contributed by atoms with Crippen molar-refractivity contribution in [2.24, 2.45) is 0 Å². The van der Waals surface area contributed by atoms with Gasteiger partial charge in [-0.2, -0.15) is 0 Å². The predicted molar refractivity (Wildman–Crippen MR) is 101 cm³/mol. The van der Waals surface area contributed by atoms with E-state index in [4.69, 9.17) is 9.47 Å². The van der Waals surface area contributed by atoms with Crippen molar-refractivity contribution in [1.82, 2.24) is 19.4 Å². The number of benzene rings is 1. The van der Waals surface area contributed by atoms with E-state index in [1.165, 1.54) is 0 Å². The summed E-state index contributed by atoms with van der Waals surface area (Å²) in [5, 5.41) is 0. The topological polar surface area (TPSA) is 59.8 Å². The normalized spacial score (nSPS) is 18.9. The van der Waals surface area contributed by atoms with Gasteiger partial charge in [0, 0.05) is 50.1 Å². The average Bonchev–Trinajstić information content (AvgIpc) is 3.34. The molecule has 0 saturated carbocycles. The van der Waals surface area contributed by atoms with Gasteiger partial charge in [0.25, 0.3) is 5.91 Å². The molecule has 1 aromatic carbocycles. The van der Waals surface area contributed by atoms with E-state index in [0.717, 1.165) is 38.3 Å². The molecule has 3 heterocycles. The van der Waals surface area contributed by atoms with Crippen LogP contribution in [0.15, 0.2) is 30.6 Å². The van der Waals surface area contributed by atoms with E-state index >= 15 is 0 Å². The molecule has 1 saturated heterocycles. The lowest BCUT2D eigenvalue weighted by Crippen LogP contribution is -2.39. The van der Waals surface area contributed by atoms with Crippen molar-refractivity contribution in [2.45, 2.75) is 25.3 Å². The maximum Gasteiger partial charge on any atom is 0.254 e. The van der Waals surface area contributed by atoms with Crippen molar-refractivity contribution in [2.75, 3.05) is 40.5 Å². The molecule has 27 heavy (non-hydrogen) atoms. The van der Waals surface area contributed by atoms with Crippen LogP contribution >= 0.6 is 0 Å². The molecule has 1 aromatic heterocycles. The van der Waals surface area contributed by atoms with Gasteiger partial charge >= 0.3 is 0 Å². The van der Waals surface area contributed by atoms with E-state index in [2.05, 4.69) is 28.5 Å².